The van der Waals surface area contributed by atoms with E-state index in [1.807, 2.05) is 27.7 Å². The van der Waals surface area contributed by atoms with E-state index in [0.29, 0.717) is 6.54 Å². The first-order chi connectivity index (χ1) is 7.29. The summed E-state index contributed by atoms with van der Waals surface area (Å²) in [6, 6.07) is 0. The second kappa shape index (κ2) is 12.6. The standard InChI is InChI=1S/C7H9N3O.2C2H6/c1-6(11)10-4-7-2-8-5-9-3-7;2*1-2/h2-3,5H,4H2,1H3,(H,10,11);2*1-2H3. The highest BCUT2D eigenvalue weighted by molar-refractivity contribution is 5.72. The van der Waals surface area contributed by atoms with Gasteiger partial charge in [-0.1, -0.05) is 27.7 Å². The molecule has 1 amide bonds. The van der Waals surface area contributed by atoms with Gasteiger partial charge in [0.25, 0.3) is 0 Å². The highest BCUT2D eigenvalue weighted by Crippen LogP contribution is 1.90. The van der Waals surface area contributed by atoms with E-state index in [1.54, 1.807) is 12.4 Å². The number of aromatic nitrogens is 2. The van der Waals surface area contributed by atoms with Gasteiger partial charge in [0.2, 0.25) is 5.91 Å². The zero-order valence-corrected chi connectivity index (χ0v) is 10.2. The van der Waals surface area contributed by atoms with E-state index in [-0.39, 0.29) is 5.91 Å². The molecule has 0 radical (unpaired) electrons. The minimum atomic E-state index is -0.0474. The average Bonchev–Trinajstić information content (AvgIpc) is 2.33. The van der Waals surface area contributed by atoms with Crippen molar-refractivity contribution in [1.82, 2.24) is 15.3 Å². The lowest BCUT2D eigenvalue weighted by Gasteiger charge is -1.98. The number of carbonyl (C=O) groups is 1. The largest absolute Gasteiger partial charge is 0.352 e. The lowest BCUT2D eigenvalue weighted by Crippen LogP contribution is -2.18. The van der Waals surface area contributed by atoms with Crippen LogP contribution >= 0.6 is 0 Å². The van der Waals surface area contributed by atoms with Crippen LogP contribution in [0, 0.1) is 0 Å². The third-order valence-corrected chi connectivity index (χ3v) is 1.16. The Labute approximate surface area is 92.1 Å². The number of carbonyl (C=O) groups excluding carboxylic acids is 1. The molecule has 15 heavy (non-hydrogen) atoms. The molecule has 0 bridgehead atoms. The number of hydrogen-bond donors (Lipinski definition) is 1. The van der Waals surface area contributed by atoms with Crippen molar-refractivity contribution in [1.29, 1.82) is 0 Å². The van der Waals surface area contributed by atoms with Crippen LogP contribution in [0.3, 0.4) is 0 Å². The summed E-state index contributed by atoms with van der Waals surface area (Å²) in [5.74, 6) is -0.0474. The molecule has 0 aliphatic heterocycles. The molecule has 0 atom stereocenters. The van der Waals surface area contributed by atoms with Gasteiger partial charge >= 0.3 is 0 Å². The van der Waals surface area contributed by atoms with Crippen LogP contribution in [0.1, 0.15) is 40.2 Å². The van der Waals surface area contributed by atoms with E-state index >= 15 is 0 Å². The SMILES string of the molecule is CC.CC.CC(=O)NCc1cncnc1. The van der Waals surface area contributed by atoms with Gasteiger partial charge in [0.05, 0.1) is 0 Å². The fourth-order valence-electron chi connectivity index (χ4n) is 0.648. The van der Waals surface area contributed by atoms with Crippen molar-refractivity contribution >= 4 is 5.91 Å². The second-order valence-corrected chi connectivity index (χ2v) is 2.16. The Morgan fingerprint density at radius 3 is 2.07 bits per heavy atom. The van der Waals surface area contributed by atoms with Crippen molar-refractivity contribution in [3.8, 4) is 0 Å². The first-order valence-corrected chi connectivity index (χ1v) is 5.27. The van der Waals surface area contributed by atoms with Crippen molar-refractivity contribution < 1.29 is 4.79 Å². The smallest absolute Gasteiger partial charge is 0.217 e. The molecule has 0 aliphatic rings. The highest BCUT2D eigenvalue weighted by atomic mass is 16.1. The number of amides is 1. The van der Waals surface area contributed by atoms with Crippen LogP contribution in [0.15, 0.2) is 18.7 Å². The topological polar surface area (TPSA) is 54.9 Å². The van der Waals surface area contributed by atoms with E-state index in [2.05, 4.69) is 15.3 Å². The van der Waals surface area contributed by atoms with Gasteiger partial charge < -0.3 is 5.32 Å². The third kappa shape index (κ3) is 10.5. The molecule has 1 aromatic rings. The molecule has 0 fully saturated rings. The number of nitrogens with one attached hydrogen (secondary N) is 1. The average molecular weight is 211 g/mol. The Morgan fingerprint density at radius 2 is 1.67 bits per heavy atom. The van der Waals surface area contributed by atoms with Gasteiger partial charge in [0, 0.05) is 31.4 Å². The zero-order valence-electron chi connectivity index (χ0n) is 10.2. The molecule has 4 heteroatoms. The monoisotopic (exact) mass is 211 g/mol. The molecular formula is C11H21N3O. The molecule has 0 spiro atoms. The van der Waals surface area contributed by atoms with Crippen LogP contribution < -0.4 is 5.32 Å². The summed E-state index contributed by atoms with van der Waals surface area (Å²) in [5, 5.41) is 2.64. The maximum absolute atomic E-state index is 10.5. The minimum absolute atomic E-state index is 0.0474. The first kappa shape index (κ1) is 16.0. The van der Waals surface area contributed by atoms with Gasteiger partial charge in [-0.25, -0.2) is 9.97 Å². The Kier molecular flexibility index (Phi) is 13.4. The van der Waals surface area contributed by atoms with E-state index in [4.69, 9.17) is 0 Å². The molecule has 1 heterocycles. The maximum atomic E-state index is 10.5. The highest BCUT2D eigenvalue weighted by Gasteiger charge is 1.92. The minimum Gasteiger partial charge on any atom is -0.352 e. The molecule has 0 unspecified atom stereocenters. The first-order valence-electron chi connectivity index (χ1n) is 5.27. The Bertz CT molecular complexity index is 237. The van der Waals surface area contributed by atoms with Crippen LogP contribution in [0.4, 0.5) is 0 Å². The lowest BCUT2D eigenvalue weighted by atomic mass is 10.3. The molecule has 0 saturated heterocycles. The zero-order chi connectivity index (χ0) is 12.1. The summed E-state index contributed by atoms with van der Waals surface area (Å²) < 4.78 is 0. The third-order valence-electron chi connectivity index (χ3n) is 1.16. The van der Waals surface area contributed by atoms with Crippen molar-refractivity contribution in [3.05, 3.63) is 24.3 Å². The normalized spacial score (nSPS) is 7.53. The molecule has 4 nitrogen and oxygen atoms in total. The van der Waals surface area contributed by atoms with Crippen LogP contribution in [0.25, 0.3) is 0 Å². The molecule has 0 saturated carbocycles. The summed E-state index contributed by atoms with van der Waals surface area (Å²) in [6.07, 6.45) is 4.79. The van der Waals surface area contributed by atoms with E-state index in [9.17, 15) is 4.79 Å². The van der Waals surface area contributed by atoms with E-state index in [0.717, 1.165) is 5.56 Å². The summed E-state index contributed by atoms with van der Waals surface area (Å²) in [5.41, 5.74) is 0.905. The number of hydrogen-bond acceptors (Lipinski definition) is 3. The van der Waals surface area contributed by atoms with Gasteiger partial charge in [-0.15, -0.1) is 0 Å². The Hall–Kier alpha value is -1.45. The Morgan fingerprint density at radius 1 is 1.20 bits per heavy atom. The van der Waals surface area contributed by atoms with Gasteiger partial charge in [0.15, 0.2) is 0 Å². The van der Waals surface area contributed by atoms with E-state index in [1.165, 1.54) is 13.3 Å². The summed E-state index contributed by atoms with van der Waals surface area (Å²) in [7, 11) is 0. The van der Waals surface area contributed by atoms with Gasteiger partial charge in [-0.2, -0.15) is 0 Å². The fourth-order valence-corrected chi connectivity index (χ4v) is 0.648. The number of rotatable bonds is 2. The van der Waals surface area contributed by atoms with Crippen molar-refractivity contribution in [3.63, 3.8) is 0 Å². The number of nitrogens with zero attached hydrogens (tertiary/aromatic N) is 2. The van der Waals surface area contributed by atoms with E-state index < -0.39 is 0 Å². The molecule has 86 valence electrons. The maximum Gasteiger partial charge on any atom is 0.217 e. The molecule has 1 N–H and O–H groups in total. The second-order valence-electron chi connectivity index (χ2n) is 2.16. The fraction of sp³-hybridized carbons (Fsp3) is 0.545. The van der Waals surface area contributed by atoms with Crippen molar-refractivity contribution in [2.75, 3.05) is 0 Å². The lowest BCUT2D eigenvalue weighted by molar-refractivity contribution is -0.119. The Balaban J connectivity index is 0. The van der Waals surface area contributed by atoms with Crippen molar-refractivity contribution in [2.24, 2.45) is 0 Å². The molecule has 1 aromatic heterocycles. The van der Waals surface area contributed by atoms with Crippen LogP contribution in [-0.4, -0.2) is 15.9 Å². The summed E-state index contributed by atoms with van der Waals surface area (Å²) >= 11 is 0. The molecular weight excluding hydrogens is 190 g/mol. The quantitative estimate of drug-likeness (QED) is 0.815. The summed E-state index contributed by atoms with van der Waals surface area (Å²) in [4.78, 5) is 18.1. The van der Waals surface area contributed by atoms with Crippen LogP contribution in [-0.2, 0) is 11.3 Å². The predicted molar refractivity (Wildman–Crippen MR) is 62.2 cm³/mol. The van der Waals surface area contributed by atoms with Gasteiger partial charge in [0.1, 0.15) is 6.33 Å². The predicted octanol–water partition coefficient (Wildman–Crippen LogP) is 2.17. The van der Waals surface area contributed by atoms with Gasteiger partial charge in [-0.05, 0) is 0 Å². The van der Waals surface area contributed by atoms with Crippen molar-refractivity contribution in [2.45, 2.75) is 41.2 Å². The molecule has 1 rings (SSSR count). The molecule has 0 aliphatic carbocycles. The summed E-state index contributed by atoms with van der Waals surface area (Å²) in [6.45, 7) is 9.97. The van der Waals surface area contributed by atoms with Crippen LogP contribution in [0.2, 0.25) is 0 Å². The van der Waals surface area contributed by atoms with Gasteiger partial charge in [-0.3, -0.25) is 4.79 Å². The van der Waals surface area contributed by atoms with Crippen LogP contribution in [0.5, 0.6) is 0 Å². The molecule has 0 aromatic carbocycles.